The Morgan fingerprint density at radius 1 is 1.31 bits per heavy atom. The molecule has 1 saturated heterocycles. The molecule has 4 heteroatoms. The van der Waals surface area contributed by atoms with Crippen LogP contribution in [0.3, 0.4) is 0 Å². The average Bonchev–Trinajstić information content (AvgIpc) is 2.87. The summed E-state index contributed by atoms with van der Waals surface area (Å²) in [7, 11) is 0. The van der Waals surface area contributed by atoms with Crippen LogP contribution in [0, 0.1) is 0 Å². The monoisotopic (exact) mass is 216 g/mol. The van der Waals surface area contributed by atoms with Gasteiger partial charge in [-0.2, -0.15) is 0 Å². The minimum Gasteiger partial charge on any atom is -0.507 e. The van der Waals surface area contributed by atoms with Crippen molar-refractivity contribution in [3.05, 3.63) is 30.0 Å². The first-order valence-corrected chi connectivity index (χ1v) is 5.34. The molecule has 1 aromatic heterocycles. The number of H-pyrrole nitrogens is 1. The number of benzene rings is 1. The number of carbonyl (C=O) groups is 1. The maximum atomic E-state index is 11.2. The number of rotatable bonds is 1. The molecule has 0 aliphatic carbocycles. The molecule has 2 heterocycles. The Balaban J connectivity index is 2.09. The number of aromatic nitrogens is 1. The second-order valence-electron chi connectivity index (χ2n) is 4.10. The van der Waals surface area contributed by atoms with Gasteiger partial charge < -0.3 is 15.4 Å². The van der Waals surface area contributed by atoms with Crippen LogP contribution in [-0.4, -0.2) is 16.0 Å². The zero-order valence-corrected chi connectivity index (χ0v) is 8.66. The highest BCUT2D eigenvalue weighted by molar-refractivity contribution is 5.87. The lowest BCUT2D eigenvalue weighted by Crippen LogP contribution is -2.18. The summed E-state index contributed by atoms with van der Waals surface area (Å²) >= 11 is 0. The molecule has 0 radical (unpaired) electrons. The fraction of sp³-hybridized carbons (Fsp3) is 0.250. The second-order valence-corrected chi connectivity index (χ2v) is 4.10. The van der Waals surface area contributed by atoms with Crippen molar-refractivity contribution in [3.63, 3.8) is 0 Å². The van der Waals surface area contributed by atoms with Crippen LogP contribution >= 0.6 is 0 Å². The van der Waals surface area contributed by atoms with E-state index in [1.807, 2.05) is 18.2 Å². The van der Waals surface area contributed by atoms with Crippen molar-refractivity contribution in [2.24, 2.45) is 0 Å². The Bertz CT molecular complexity index is 559. The third kappa shape index (κ3) is 1.26. The summed E-state index contributed by atoms with van der Waals surface area (Å²) in [4.78, 5) is 14.2. The molecule has 0 saturated carbocycles. The van der Waals surface area contributed by atoms with Crippen LogP contribution in [0.1, 0.15) is 24.4 Å². The van der Waals surface area contributed by atoms with Crippen molar-refractivity contribution in [1.29, 1.82) is 0 Å². The van der Waals surface area contributed by atoms with Crippen LogP contribution in [0.4, 0.5) is 0 Å². The predicted octanol–water partition coefficient (Wildman–Crippen LogP) is 1.82. The van der Waals surface area contributed by atoms with Gasteiger partial charge in [-0.1, -0.05) is 6.07 Å². The van der Waals surface area contributed by atoms with Crippen molar-refractivity contribution in [2.45, 2.75) is 18.9 Å². The number of hydrogen-bond donors (Lipinski definition) is 3. The molecule has 1 atom stereocenters. The van der Waals surface area contributed by atoms with E-state index in [0.717, 1.165) is 22.9 Å². The molecule has 1 amide bonds. The molecule has 2 aromatic rings. The van der Waals surface area contributed by atoms with Gasteiger partial charge in [0, 0.05) is 29.1 Å². The van der Waals surface area contributed by atoms with Gasteiger partial charge in [-0.15, -0.1) is 0 Å². The van der Waals surface area contributed by atoms with E-state index in [1.165, 1.54) is 0 Å². The van der Waals surface area contributed by atoms with Crippen LogP contribution in [0.5, 0.6) is 5.75 Å². The fourth-order valence-corrected chi connectivity index (χ4v) is 2.26. The van der Waals surface area contributed by atoms with Crippen LogP contribution in [0.2, 0.25) is 0 Å². The highest BCUT2D eigenvalue weighted by atomic mass is 16.3. The van der Waals surface area contributed by atoms with Gasteiger partial charge in [0.2, 0.25) is 5.91 Å². The Hall–Kier alpha value is -1.97. The lowest BCUT2D eigenvalue weighted by Gasteiger charge is -2.12. The van der Waals surface area contributed by atoms with Gasteiger partial charge in [0.1, 0.15) is 5.75 Å². The molecule has 3 N–H and O–H groups in total. The number of nitrogens with one attached hydrogen (secondary N) is 2. The van der Waals surface area contributed by atoms with E-state index < -0.39 is 0 Å². The summed E-state index contributed by atoms with van der Waals surface area (Å²) in [5.74, 6) is 0.324. The summed E-state index contributed by atoms with van der Waals surface area (Å²) in [6.07, 6.45) is 3.08. The van der Waals surface area contributed by atoms with Gasteiger partial charge in [0.05, 0.1) is 6.04 Å². The molecule has 4 nitrogen and oxygen atoms in total. The van der Waals surface area contributed by atoms with Crippen LogP contribution < -0.4 is 5.32 Å². The Morgan fingerprint density at radius 3 is 2.94 bits per heavy atom. The zero-order chi connectivity index (χ0) is 11.1. The summed E-state index contributed by atoms with van der Waals surface area (Å²) in [5, 5.41) is 13.8. The van der Waals surface area contributed by atoms with Crippen LogP contribution in [-0.2, 0) is 4.79 Å². The van der Waals surface area contributed by atoms with E-state index in [2.05, 4.69) is 10.3 Å². The lowest BCUT2D eigenvalue weighted by atomic mass is 10.0. The number of phenolic OH excluding ortho intramolecular Hbond substituents is 1. The van der Waals surface area contributed by atoms with Crippen molar-refractivity contribution < 1.29 is 9.90 Å². The summed E-state index contributed by atoms with van der Waals surface area (Å²) in [6.45, 7) is 0. The molecule has 82 valence electrons. The number of hydrogen-bond acceptors (Lipinski definition) is 2. The first-order chi connectivity index (χ1) is 7.75. The largest absolute Gasteiger partial charge is 0.507 e. The first kappa shape index (κ1) is 9.27. The molecular formula is C12H12N2O2. The molecule has 1 aromatic carbocycles. The van der Waals surface area contributed by atoms with Gasteiger partial charge in [-0.25, -0.2) is 0 Å². The highest BCUT2D eigenvalue weighted by Crippen LogP contribution is 2.35. The van der Waals surface area contributed by atoms with Crippen molar-refractivity contribution in [1.82, 2.24) is 10.3 Å². The third-order valence-corrected chi connectivity index (χ3v) is 3.11. The number of aromatic amines is 1. The molecule has 0 bridgehead atoms. The van der Waals surface area contributed by atoms with Gasteiger partial charge >= 0.3 is 0 Å². The SMILES string of the molecule is O=C1CCC(c2ccc3[nH]ccc3c2O)N1. The molecule has 16 heavy (non-hydrogen) atoms. The van der Waals surface area contributed by atoms with E-state index in [1.54, 1.807) is 6.20 Å². The van der Waals surface area contributed by atoms with Crippen molar-refractivity contribution in [3.8, 4) is 5.75 Å². The van der Waals surface area contributed by atoms with Gasteiger partial charge in [0.25, 0.3) is 0 Å². The highest BCUT2D eigenvalue weighted by Gasteiger charge is 2.25. The van der Waals surface area contributed by atoms with E-state index in [9.17, 15) is 9.90 Å². The summed E-state index contributed by atoms with van der Waals surface area (Å²) < 4.78 is 0. The quantitative estimate of drug-likeness (QED) is 0.680. The summed E-state index contributed by atoms with van der Waals surface area (Å²) in [6, 6.07) is 5.58. The standard InChI is InChI=1S/C12H12N2O2/c15-11-4-3-10(14-11)7-1-2-9-8(12(7)16)5-6-13-9/h1-2,5-6,10,13,16H,3-4H2,(H,14,15). The summed E-state index contributed by atoms with van der Waals surface area (Å²) in [5.41, 5.74) is 1.71. The minimum absolute atomic E-state index is 0.0493. The average molecular weight is 216 g/mol. The topological polar surface area (TPSA) is 65.1 Å². The minimum atomic E-state index is -0.0493. The Kier molecular flexibility index (Phi) is 1.89. The van der Waals surface area contributed by atoms with Gasteiger partial charge in [-0.05, 0) is 18.6 Å². The smallest absolute Gasteiger partial charge is 0.220 e. The number of aromatic hydroxyl groups is 1. The number of carbonyl (C=O) groups excluding carboxylic acids is 1. The molecule has 1 fully saturated rings. The van der Waals surface area contributed by atoms with Gasteiger partial charge in [-0.3, -0.25) is 4.79 Å². The molecule has 1 unspecified atom stereocenters. The molecule has 1 aliphatic heterocycles. The molecule has 1 aliphatic rings. The lowest BCUT2D eigenvalue weighted by molar-refractivity contribution is -0.119. The Morgan fingerprint density at radius 2 is 2.19 bits per heavy atom. The maximum Gasteiger partial charge on any atom is 0.220 e. The zero-order valence-electron chi connectivity index (χ0n) is 8.66. The first-order valence-electron chi connectivity index (χ1n) is 5.34. The Labute approximate surface area is 92.3 Å². The second kappa shape index (κ2) is 3.27. The third-order valence-electron chi connectivity index (χ3n) is 3.11. The normalized spacial score (nSPS) is 20.2. The van der Waals surface area contributed by atoms with Gasteiger partial charge in [0.15, 0.2) is 0 Å². The van der Waals surface area contributed by atoms with Crippen molar-refractivity contribution >= 4 is 16.8 Å². The predicted molar refractivity (Wildman–Crippen MR) is 60.1 cm³/mol. The molecule has 3 rings (SSSR count). The van der Waals surface area contributed by atoms with E-state index >= 15 is 0 Å². The van der Waals surface area contributed by atoms with E-state index in [-0.39, 0.29) is 17.7 Å². The maximum absolute atomic E-state index is 11.2. The van der Waals surface area contributed by atoms with Crippen LogP contribution in [0.15, 0.2) is 24.4 Å². The fourth-order valence-electron chi connectivity index (χ4n) is 2.26. The number of phenols is 1. The number of fused-ring (bicyclic) bond motifs is 1. The van der Waals surface area contributed by atoms with E-state index in [4.69, 9.17) is 0 Å². The number of amides is 1. The van der Waals surface area contributed by atoms with Crippen LogP contribution in [0.25, 0.3) is 10.9 Å². The molecular weight excluding hydrogens is 204 g/mol. The van der Waals surface area contributed by atoms with Crippen molar-refractivity contribution in [2.75, 3.05) is 0 Å². The van der Waals surface area contributed by atoms with E-state index in [0.29, 0.717) is 6.42 Å². The molecule has 0 spiro atoms.